The molecule has 0 radical (unpaired) electrons. The first-order chi connectivity index (χ1) is 13.5. The summed E-state index contributed by atoms with van der Waals surface area (Å²) in [7, 11) is 0. The van der Waals surface area contributed by atoms with Crippen molar-refractivity contribution in [2.45, 2.75) is 26.0 Å². The molecular weight excluding hydrogens is 362 g/mol. The number of carbonyl (C=O) groups is 2. The number of esters is 1. The second-order valence-electron chi connectivity index (χ2n) is 6.04. The number of ether oxygens (including phenoxy) is 2. The lowest BCUT2D eigenvalue weighted by molar-refractivity contribution is -0.136. The average molecular weight is 381 g/mol. The zero-order chi connectivity index (χ0) is 19.9. The third kappa shape index (κ3) is 4.97. The van der Waals surface area contributed by atoms with Gasteiger partial charge >= 0.3 is 17.7 Å². The molecule has 0 aliphatic carbocycles. The van der Waals surface area contributed by atoms with Crippen LogP contribution in [0.1, 0.15) is 18.9 Å². The van der Waals surface area contributed by atoms with E-state index < -0.39 is 23.7 Å². The smallest absolute Gasteiger partial charge is 0.408 e. The molecule has 7 nitrogen and oxygen atoms in total. The van der Waals surface area contributed by atoms with Crippen LogP contribution >= 0.6 is 0 Å². The van der Waals surface area contributed by atoms with E-state index in [1.807, 2.05) is 30.3 Å². The molecular formula is C21H19NO6. The van der Waals surface area contributed by atoms with Crippen molar-refractivity contribution in [2.75, 3.05) is 0 Å². The molecule has 0 aliphatic heterocycles. The number of carbonyl (C=O) groups excluding carboxylic acids is 2. The third-order valence-electron chi connectivity index (χ3n) is 4.01. The molecule has 0 spiro atoms. The molecule has 2 aromatic carbocycles. The van der Waals surface area contributed by atoms with Gasteiger partial charge in [-0.1, -0.05) is 37.3 Å². The van der Waals surface area contributed by atoms with Gasteiger partial charge in [0.25, 0.3) is 0 Å². The quantitative estimate of drug-likeness (QED) is 0.399. The normalized spacial score (nSPS) is 11.6. The zero-order valence-electron chi connectivity index (χ0n) is 15.2. The first kappa shape index (κ1) is 19.2. The molecule has 0 bridgehead atoms. The topological polar surface area (TPSA) is 94.8 Å². The molecule has 3 rings (SSSR count). The Bertz CT molecular complexity index is 1030. The standard InChI is InChI=1S/C21H19NO6/c1-2-17(22-21(25)26-13-14-6-4-3-5-7-14)20(24)27-16-10-8-15-9-11-19(23)28-18(15)12-16/h3-12,17H,2,13H2,1H3,(H,22,25)/t17-/m1/s1. The largest absolute Gasteiger partial charge is 0.445 e. The van der Waals surface area contributed by atoms with Crippen LogP contribution in [0.4, 0.5) is 4.79 Å². The van der Waals surface area contributed by atoms with E-state index in [-0.39, 0.29) is 12.4 Å². The van der Waals surface area contributed by atoms with E-state index in [0.29, 0.717) is 17.4 Å². The molecule has 1 amide bonds. The highest BCUT2D eigenvalue weighted by Crippen LogP contribution is 2.20. The van der Waals surface area contributed by atoms with E-state index >= 15 is 0 Å². The van der Waals surface area contributed by atoms with Gasteiger partial charge in [0.05, 0.1) is 0 Å². The van der Waals surface area contributed by atoms with Crippen LogP contribution < -0.4 is 15.7 Å². The molecule has 1 N–H and O–H groups in total. The summed E-state index contributed by atoms with van der Waals surface area (Å²) in [6, 6.07) is 16.0. The highest BCUT2D eigenvalue weighted by molar-refractivity contribution is 5.84. The van der Waals surface area contributed by atoms with Gasteiger partial charge in [0.15, 0.2) is 0 Å². The molecule has 0 saturated heterocycles. The monoisotopic (exact) mass is 381 g/mol. The zero-order valence-corrected chi connectivity index (χ0v) is 15.2. The van der Waals surface area contributed by atoms with Crippen molar-refractivity contribution in [3.63, 3.8) is 0 Å². The maximum Gasteiger partial charge on any atom is 0.408 e. The molecule has 144 valence electrons. The van der Waals surface area contributed by atoms with Crippen LogP contribution in [-0.4, -0.2) is 18.1 Å². The molecule has 1 heterocycles. The van der Waals surface area contributed by atoms with Crippen molar-refractivity contribution in [3.8, 4) is 5.75 Å². The van der Waals surface area contributed by atoms with E-state index in [4.69, 9.17) is 13.9 Å². The fourth-order valence-corrected chi connectivity index (χ4v) is 2.53. The fourth-order valence-electron chi connectivity index (χ4n) is 2.53. The van der Waals surface area contributed by atoms with Crippen LogP contribution in [-0.2, 0) is 16.1 Å². The van der Waals surface area contributed by atoms with E-state index in [1.165, 1.54) is 12.1 Å². The van der Waals surface area contributed by atoms with Crippen molar-refractivity contribution in [1.82, 2.24) is 5.32 Å². The van der Waals surface area contributed by atoms with Gasteiger partial charge in [-0.05, 0) is 30.2 Å². The van der Waals surface area contributed by atoms with Crippen molar-refractivity contribution in [2.24, 2.45) is 0 Å². The molecule has 7 heteroatoms. The molecule has 0 aliphatic rings. The number of benzene rings is 2. The third-order valence-corrected chi connectivity index (χ3v) is 4.01. The Balaban J connectivity index is 1.59. The summed E-state index contributed by atoms with van der Waals surface area (Å²) in [5.41, 5.74) is 0.650. The van der Waals surface area contributed by atoms with Gasteiger partial charge in [-0.3, -0.25) is 0 Å². The van der Waals surface area contributed by atoms with Gasteiger partial charge < -0.3 is 19.2 Å². The molecule has 0 unspecified atom stereocenters. The predicted octanol–water partition coefficient (Wildman–Crippen LogP) is 3.40. The summed E-state index contributed by atoms with van der Waals surface area (Å²) >= 11 is 0. The predicted molar refractivity (Wildman–Crippen MR) is 102 cm³/mol. The van der Waals surface area contributed by atoms with Crippen LogP contribution in [0.15, 0.2) is 69.9 Å². The summed E-state index contributed by atoms with van der Waals surface area (Å²) in [6.45, 7) is 1.84. The Hall–Kier alpha value is -3.61. The Morgan fingerprint density at radius 1 is 1.07 bits per heavy atom. The number of nitrogens with one attached hydrogen (secondary N) is 1. The maximum atomic E-state index is 12.4. The summed E-state index contributed by atoms with van der Waals surface area (Å²) in [5, 5.41) is 3.20. The average Bonchev–Trinajstić information content (AvgIpc) is 2.70. The minimum Gasteiger partial charge on any atom is -0.445 e. The minimum atomic E-state index is -0.873. The van der Waals surface area contributed by atoms with Gasteiger partial charge in [0.1, 0.15) is 24.0 Å². The van der Waals surface area contributed by atoms with Gasteiger partial charge in [-0.2, -0.15) is 0 Å². The lowest BCUT2D eigenvalue weighted by atomic mass is 10.2. The van der Waals surface area contributed by atoms with E-state index in [0.717, 1.165) is 5.56 Å². The first-order valence-corrected chi connectivity index (χ1v) is 8.78. The molecule has 1 aromatic heterocycles. The van der Waals surface area contributed by atoms with Gasteiger partial charge in [-0.25, -0.2) is 14.4 Å². The number of fused-ring (bicyclic) bond motifs is 1. The van der Waals surface area contributed by atoms with E-state index in [1.54, 1.807) is 25.1 Å². The van der Waals surface area contributed by atoms with Gasteiger partial charge in [0, 0.05) is 17.5 Å². The number of amides is 1. The Morgan fingerprint density at radius 2 is 1.82 bits per heavy atom. The van der Waals surface area contributed by atoms with Crippen LogP contribution in [0.2, 0.25) is 0 Å². The Labute approximate surface area is 160 Å². The molecule has 0 saturated carbocycles. The van der Waals surface area contributed by atoms with Crippen LogP contribution in [0.3, 0.4) is 0 Å². The SMILES string of the molecule is CC[C@@H](NC(=O)OCc1ccccc1)C(=O)Oc1ccc2ccc(=O)oc2c1. The second-order valence-corrected chi connectivity index (χ2v) is 6.04. The highest BCUT2D eigenvalue weighted by Gasteiger charge is 2.22. The second kappa shape index (κ2) is 8.85. The summed E-state index contributed by atoms with van der Waals surface area (Å²) in [5.74, 6) is -0.429. The summed E-state index contributed by atoms with van der Waals surface area (Å²) < 4.78 is 15.5. The minimum absolute atomic E-state index is 0.0991. The summed E-state index contributed by atoms with van der Waals surface area (Å²) in [6.07, 6.45) is -0.390. The van der Waals surface area contributed by atoms with Crippen LogP contribution in [0, 0.1) is 0 Å². The fraction of sp³-hybridized carbons (Fsp3) is 0.190. The van der Waals surface area contributed by atoms with Crippen LogP contribution in [0.5, 0.6) is 5.75 Å². The van der Waals surface area contributed by atoms with E-state index in [9.17, 15) is 14.4 Å². The van der Waals surface area contributed by atoms with E-state index in [2.05, 4.69) is 5.32 Å². The first-order valence-electron chi connectivity index (χ1n) is 8.78. The van der Waals surface area contributed by atoms with Crippen LogP contribution in [0.25, 0.3) is 11.0 Å². The molecule has 3 aromatic rings. The number of hydrogen-bond donors (Lipinski definition) is 1. The van der Waals surface area contributed by atoms with Gasteiger partial charge in [-0.15, -0.1) is 0 Å². The van der Waals surface area contributed by atoms with Crippen molar-refractivity contribution in [3.05, 3.63) is 76.6 Å². The molecule has 0 fully saturated rings. The molecule has 1 atom stereocenters. The number of alkyl carbamates (subject to hydrolysis) is 1. The van der Waals surface area contributed by atoms with Gasteiger partial charge in [0.2, 0.25) is 0 Å². The maximum absolute atomic E-state index is 12.4. The van der Waals surface area contributed by atoms with Crippen molar-refractivity contribution in [1.29, 1.82) is 0 Å². The summed E-state index contributed by atoms with van der Waals surface area (Å²) in [4.78, 5) is 35.7. The van der Waals surface area contributed by atoms with Crippen molar-refractivity contribution < 1.29 is 23.5 Å². The number of rotatable bonds is 6. The highest BCUT2D eigenvalue weighted by atomic mass is 16.6. The lowest BCUT2D eigenvalue weighted by Crippen LogP contribution is -2.42. The lowest BCUT2D eigenvalue weighted by Gasteiger charge is -2.16. The number of hydrogen-bond acceptors (Lipinski definition) is 6. The van der Waals surface area contributed by atoms with Crippen molar-refractivity contribution >= 4 is 23.0 Å². The Morgan fingerprint density at radius 3 is 2.57 bits per heavy atom. The molecule has 28 heavy (non-hydrogen) atoms. The Kier molecular flexibility index (Phi) is 6.06.